The normalized spacial score (nSPS) is 10.9. The van der Waals surface area contributed by atoms with E-state index in [9.17, 15) is 0 Å². The highest BCUT2D eigenvalue weighted by molar-refractivity contribution is 14.0. The van der Waals surface area contributed by atoms with Gasteiger partial charge in [-0.2, -0.15) is 5.10 Å². The van der Waals surface area contributed by atoms with E-state index in [0.717, 1.165) is 23.9 Å². The van der Waals surface area contributed by atoms with Crippen molar-refractivity contribution in [3.63, 3.8) is 0 Å². The number of rotatable bonds is 5. The van der Waals surface area contributed by atoms with Crippen molar-refractivity contribution in [2.24, 2.45) is 4.99 Å². The third kappa shape index (κ3) is 5.55. The van der Waals surface area contributed by atoms with E-state index in [0.29, 0.717) is 6.54 Å². The summed E-state index contributed by atoms with van der Waals surface area (Å²) in [6, 6.07) is 14.3. The molecule has 136 valence electrons. The minimum Gasteiger partial charge on any atom is -0.352 e. The standard InChI is InChI=1S/C19H22N6.HI/c1-15-4-6-16(7-5-15)13-22-19(20-2)23-14-17-8-10-21-18(12-17)25-11-3-9-24-25;/h3-12H,13-14H2,1-2H3,(H2,20,22,23);1H. The second-order valence-corrected chi connectivity index (χ2v) is 5.74. The van der Waals surface area contributed by atoms with Crippen LogP contribution in [0.4, 0.5) is 0 Å². The number of aryl methyl sites for hydroxylation is 1. The zero-order valence-corrected chi connectivity index (χ0v) is 17.2. The zero-order chi connectivity index (χ0) is 17.5. The van der Waals surface area contributed by atoms with Gasteiger partial charge in [0.05, 0.1) is 0 Å². The number of halogens is 1. The van der Waals surface area contributed by atoms with Gasteiger partial charge in [0.25, 0.3) is 0 Å². The monoisotopic (exact) mass is 462 g/mol. The Bertz CT molecular complexity index is 828. The fourth-order valence-electron chi connectivity index (χ4n) is 2.40. The molecule has 2 aromatic heterocycles. The molecule has 0 fully saturated rings. The fourth-order valence-corrected chi connectivity index (χ4v) is 2.40. The Morgan fingerprint density at radius 2 is 1.77 bits per heavy atom. The predicted molar refractivity (Wildman–Crippen MR) is 115 cm³/mol. The lowest BCUT2D eigenvalue weighted by atomic mass is 10.1. The molecule has 0 aliphatic carbocycles. The topological polar surface area (TPSA) is 67.1 Å². The van der Waals surface area contributed by atoms with Gasteiger partial charge < -0.3 is 10.6 Å². The molecule has 0 aliphatic heterocycles. The molecule has 0 radical (unpaired) electrons. The number of aromatic nitrogens is 3. The maximum Gasteiger partial charge on any atom is 0.191 e. The van der Waals surface area contributed by atoms with Gasteiger partial charge in [-0.1, -0.05) is 29.8 Å². The number of hydrogen-bond donors (Lipinski definition) is 2. The highest BCUT2D eigenvalue weighted by Gasteiger charge is 2.02. The van der Waals surface area contributed by atoms with Gasteiger partial charge in [-0.05, 0) is 36.2 Å². The smallest absolute Gasteiger partial charge is 0.191 e. The molecule has 2 N–H and O–H groups in total. The lowest BCUT2D eigenvalue weighted by molar-refractivity contribution is 0.800. The minimum atomic E-state index is 0. The van der Waals surface area contributed by atoms with E-state index in [1.54, 1.807) is 24.1 Å². The van der Waals surface area contributed by atoms with Gasteiger partial charge in [0, 0.05) is 38.7 Å². The van der Waals surface area contributed by atoms with Gasteiger partial charge in [-0.25, -0.2) is 9.67 Å². The van der Waals surface area contributed by atoms with Crippen molar-refractivity contribution in [1.29, 1.82) is 0 Å². The van der Waals surface area contributed by atoms with Gasteiger partial charge in [-0.3, -0.25) is 4.99 Å². The number of pyridine rings is 1. The molecular weight excluding hydrogens is 439 g/mol. The van der Waals surface area contributed by atoms with E-state index in [1.807, 2.05) is 24.4 Å². The number of benzene rings is 1. The SMILES string of the molecule is CN=C(NCc1ccc(C)cc1)NCc1ccnc(-n2cccn2)c1.I. The van der Waals surface area contributed by atoms with E-state index >= 15 is 0 Å². The molecule has 3 rings (SSSR count). The Morgan fingerprint density at radius 3 is 2.42 bits per heavy atom. The number of nitrogens with one attached hydrogen (secondary N) is 2. The number of hydrogen-bond acceptors (Lipinski definition) is 3. The van der Waals surface area contributed by atoms with Crippen LogP contribution in [0.15, 0.2) is 66.0 Å². The molecule has 0 saturated carbocycles. The summed E-state index contributed by atoms with van der Waals surface area (Å²) in [4.78, 5) is 8.61. The third-order valence-corrected chi connectivity index (χ3v) is 3.81. The molecule has 0 aliphatic rings. The minimum absolute atomic E-state index is 0. The summed E-state index contributed by atoms with van der Waals surface area (Å²) < 4.78 is 1.74. The van der Waals surface area contributed by atoms with Crippen LogP contribution in [0.25, 0.3) is 5.82 Å². The van der Waals surface area contributed by atoms with Gasteiger partial charge in [-0.15, -0.1) is 24.0 Å². The van der Waals surface area contributed by atoms with Crippen LogP contribution in [0.2, 0.25) is 0 Å². The van der Waals surface area contributed by atoms with Gasteiger partial charge in [0.15, 0.2) is 11.8 Å². The van der Waals surface area contributed by atoms with Crippen LogP contribution in [0.3, 0.4) is 0 Å². The summed E-state index contributed by atoms with van der Waals surface area (Å²) in [6.07, 6.45) is 5.40. The van der Waals surface area contributed by atoms with Crippen LogP contribution in [-0.2, 0) is 13.1 Å². The largest absolute Gasteiger partial charge is 0.352 e. The Kier molecular flexibility index (Phi) is 7.58. The van der Waals surface area contributed by atoms with Crippen LogP contribution in [0, 0.1) is 6.92 Å². The van der Waals surface area contributed by atoms with Crippen LogP contribution >= 0.6 is 24.0 Å². The summed E-state index contributed by atoms with van der Waals surface area (Å²) in [5.74, 6) is 1.56. The van der Waals surface area contributed by atoms with Gasteiger partial charge >= 0.3 is 0 Å². The summed E-state index contributed by atoms with van der Waals surface area (Å²) in [7, 11) is 1.77. The predicted octanol–water partition coefficient (Wildman–Crippen LogP) is 3.06. The number of aliphatic imine (C=N–C) groups is 1. The molecule has 0 bridgehead atoms. The Labute approximate surface area is 170 Å². The summed E-state index contributed by atoms with van der Waals surface area (Å²) in [5.41, 5.74) is 3.59. The van der Waals surface area contributed by atoms with Crippen LogP contribution in [0.1, 0.15) is 16.7 Å². The first kappa shape index (κ1) is 19.9. The van der Waals surface area contributed by atoms with Crippen molar-refractivity contribution in [2.45, 2.75) is 20.0 Å². The highest BCUT2D eigenvalue weighted by Crippen LogP contribution is 2.06. The van der Waals surface area contributed by atoms with Crippen molar-refractivity contribution in [1.82, 2.24) is 25.4 Å². The van der Waals surface area contributed by atoms with E-state index in [4.69, 9.17) is 0 Å². The first-order valence-corrected chi connectivity index (χ1v) is 8.19. The second kappa shape index (κ2) is 9.91. The van der Waals surface area contributed by atoms with Crippen LogP contribution in [-0.4, -0.2) is 27.8 Å². The van der Waals surface area contributed by atoms with Crippen molar-refractivity contribution in [3.8, 4) is 5.82 Å². The van der Waals surface area contributed by atoms with Crippen molar-refractivity contribution >= 4 is 29.9 Å². The number of guanidine groups is 1. The summed E-state index contributed by atoms with van der Waals surface area (Å²) in [6.45, 7) is 3.48. The average molecular weight is 462 g/mol. The quantitative estimate of drug-likeness (QED) is 0.348. The molecule has 0 saturated heterocycles. The molecule has 3 aromatic rings. The van der Waals surface area contributed by atoms with Crippen LogP contribution < -0.4 is 10.6 Å². The average Bonchev–Trinajstić information content (AvgIpc) is 3.18. The molecule has 26 heavy (non-hydrogen) atoms. The third-order valence-electron chi connectivity index (χ3n) is 3.81. The van der Waals surface area contributed by atoms with Crippen molar-refractivity contribution in [3.05, 3.63) is 77.7 Å². The molecule has 1 aromatic carbocycles. The van der Waals surface area contributed by atoms with E-state index in [2.05, 4.69) is 56.9 Å². The maximum absolute atomic E-state index is 4.34. The number of nitrogens with zero attached hydrogens (tertiary/aromatic N) is 4. The van der Waals surface area contributed by atoms with Crippen LogP contribution in [0.5, 0.6) is 0 Å². The maximum atomic E-state index is 4.34. The zero-order valence-electron chi connectivity index (χ0n) is 14.9. The lowest BCUT2D eigenvalue weighted by Gasteiger charge is -2.12. The Balaban J connectivity index is 0.00000243. The van der Waals surface area contributed by atoms with E-state index < -0.39 is 0 Å². The molecule has 2 heterocycles. The van der Waals surface area contributed by atoms with Crippen molar-refractivity contribution < 1.29 is 0 Å². The first-order chi connectivity index (χ1) is 12.2. The Morgan fingerprint density at radius 1 is 1.04 bits per heavy atom. The van der Waals surface area contributed by atoms with Gasteiger partial charge in [0.1, 0.15) is 0 Å². The first-order valence-electron chi connectivity index (χ1n) is 8.19. The van der Waals surface area contributed by atoms with E-state index in [1.165, 1.54) is 11.1 Å². The molecule has 6 nitrogen and oxygen atoms in total. The molecule has 0 unspecified atom stereocenters. The highest BCUT2D eigenvalue weighted by atomic mass is 127. The summed E-state index contributed by atoms with van der Waals surface area (Å²) in [5, 5.41) is 10.9. The second-order valence-electron chi connectivity index (χ2n) is 5.74. The fraction of sp³-hybridized carbons (Fsp3) is 0.211. The summed E-state index contributed by atoms with van der Waals surface area (Å²) >= 11 is 0. The Hall–Kier alpha value is -2.42. The molecule has 0 spiro atoms. The molecule has 7 heteroatoms. The van der Waals surface area contributed by atoms with E-state index in [-0.39, 0.29) is 24.0 Å². The van der Waals surface area contributed by atoms with Crippen molar-refractivity contribution in [2.75, 3.05) is 7.05 Å². The van der Waals surface area contributed by atoms with Gasteiger partial charge in [0.2, 0.25) is 0 Å². The molecule has 0 amide bonds. The molecular formula is C19H23IN6. The lowest BCUT2D eigenvalue weighted by Crippen LogP contribution is -2.36. The molecule has 0 atom stereocenters.